The molecule has 0 radical (unpaired) electrons. The first kappa shape index (κ1) is 13.2. The van der Waals surface area contributed by atoms with Crippen molar-refractivity contribution in [2.75, 3.05) is 0 Å². The van der Waals surface area contributed by atoms with Crippen LogP contribution in [-0.4, -0.2) is 30.8 Å². The summed E-state index contributed by atoms with van der Waals surface area (Å²) in [6.07, 6.45) is 0.923. The molecular formula is C11H7N5O4. The summed E-state index contributed by atoms with van der Waals surface area (Å²) in [5, 5.41) is 32.3. The van der Waals surface area contributed by atoms with Crippen molar-refractivity contribution >= 4 is 11.7 Å². The highest BCUT2D eigenvalue weighted by Crippen LogP contribution is 2.20. The second-order valence-electron chi connectivity index (χ2n) is 3.81. The smallest absolute Gasteiger partial charge is 0.363 e. The molecule has 0 aliphatic rings. The molecule has 0 saturated carbocycles. The SMILES string of the molecule is Cc1ccc(C#N)c(-n2cc([N+](=O)[O-])c(C(=O)O)n2)n1. The van der Waals surface area contributed by atoms with Gasteiger partial charge < -0.3 is 5.11 Å². The summed E-state index contributed by atoms with van der Waals surface area (Å²) in [7, 11) is 0. The van der Waals surface area contributed by atoms with E-state index in [1.54, 1.807) is 13.0 Å². The maximum atomic E-state index is 10.9. The minimum absolute atomic E-state index is 0.0445. The average Bonchev–Trinajstić information content (AvgIpc) is 2.83. The zero-order chi connectivity index (χ0) is 14.9. The molecule has 9 heteroatoms. The van der Waals surface area contributed by atoms with Crippen LogP contribution < -0.4 is 0 Å². The number of nitriles is 1. The first-order valence-electron chi connectivity index (χ1n) is 5.29. The highest BCUT2D eigenvalue weighted by Gasteiger charge is 2.26. The lowest BCUT2D eigenvalue weighted by Gasteiger charge is -2.02. The molecule has 0 unspecified atom stereocenters. The first-order valence-corrected chi connectivity index (χ1v) is 5.29. The van der Waals surface area contributed by atoms with Gasteiger partial charge in [0.1, 0.15) is 12.3 Å². The molecule has 0 fully saturated rings. The van der Waals surface area contributed by atoms with Gasteiger partial charge in [0.2, 0.25) is 5.69 Å². The molecule has 0 aliphatic carbocycles. The number of carbonyl (C=O) groups is 1. The predicted molar refractivity (Wildman–Crippen MR) is 64.4 cm³/mol. The minimum atomic E-state index is -1.53. The molecule has 2 aromatic rings. The van der Waals surface area contributed by atoms with Crippen molar-refractivity contribution < 1.29 is 14.8 Å². The topological polar surface area (TPSA) is 135 Å². The van der Waals surface area contributed by atoms with Gasteiger partial charge in [0.15, 0.2) is 5.82 Å². The molecule has 0 atom stereocenters. The lowest BCUT2D eigenvalue weighted by molar-refractivity contribution is -0.385. The van der Waals surface area contributed by atoms with E-state index >= 15 is 0 Å². The van der Waals surface area contributed by atoms with E-state index in [2.05, 4.69) is 10.1 Å². The fraction of sp³-hybridized carbons (Fsp3) is 0.0909. The van der Waals surface area contributed by atoms with Crippen LogP contribution in [0.5, 0.6) is 0 Å². The molecule has 2 rings (SSSR count). The van der Waals surface area contributed by atoms with Crippen molar-refractivity contribution in [1.82, 2.24) is 14.8 Å². The summed E-state index contributed by atoms with van der Waals surface area (Å²) in [6.45, 7) is 1.67. The molecule has 9 nitrogen and oxygen atoms in total. The van der Waals surface area contributed by atoms with Gasteiger partial charge in [0.25, 0.3) is 0 Å². The van der Waals surface area contributed by atoms with Gasteiger partial charge in [-0.15, -0.1) is 0 Å². The van der Waals surface area contributed by atoms with Crippen LogP contribution in [0.2, 0.25) is 0 Å². The second-order valence-corrected chi connectivity index (χ2v) is 3.81. The van der Waals surface area contributed by atoms with Gasteiger partial charge in [-0.05, 0) is 19.1 Å². The summed E-state index contributed by atoms with van der Waals surface area (Å²) in [5.41, 5.74) is -0.675. The van der Waals surface area contributed by atoms with Crippen LogP contribution >= 0.6 is 0 Å². The van der Waals surface area contributed by atoms with Gasteiger partial charge in [-0.2, -0.15) is 10.4 Å². The van der Waals surface area contributed by atoms with E-state index in [4.69, 9.17) is 10.4 Å². The molecule has 0 aliphatic heterocycles. The zero-order valence-corrected chi connectivity index (χ0v) is 10.1. The molecule has 0 spiro atoms. The molecule has 2 heterocycles. The van der Waals surface area contributed by atoms with Gasteiger partial charge in [0, 0.05) is 5.69 Å². The Hall–Kier alpha value is -3.28. The molecule has 2 aromatic heterocycles. The number of rotatable bonds is 3. The molecular weight excluding hydrogens is 266 g/mol. The second kappa shape index (κ2) is 4.77. The number of nitrogens with zero attached hydrogens (tertiary/aromatic N) is 5. The Labute approximate surface area is 111 Å². The molecule has 0 bridgehead atoms. The maximum absolute atomic E-state index is 10.9. The summed E-state index contributed by atoms with van der Waals surface area (Å²) < 4.78 is 0.924. The summed E-state index contributed by atoms with van der Waals surface area (Å²) in [6, 6.07) is 4.94. The minimum Gasteiger partial charge on any atom is -0.476 e. The van der Waals surface area contributed by atoms with E-state index < -0.39 is 22.3 Å². The van der Waals surface area contributed by atoms with Gasteiger partial charge in [-0.1, -0.05) is 0 Å². The maximum Gasteiger partial charge on any atom is 0.363 e. The van der Waals surface area contributed by atoms with E-state index in [0.29, 0.717) is 5.69 Å². The van der Waals surface area contributed by atoms with Crippen LogP contribution in [0, 0.1) is 28.4 Å². The number of hydrogen-bond donors (Lipinski definition) is 1. The van der Waals surface area contributed by atoms with E-state index in [0.717, 1.165) is 10.9 Å². The van der Waals surface area contributed by atoms with E-state index in [-0.39, 0.29) is 11.4 Å². The lowest BCUT2D eigenvalue weighted by atomic mass is 10.2. The number of carboxylic acids is 1. The Balaban J connectivity index is 2.69. The fourth-order valence-electron chi connectivity index (χ4n) is 1.56. The fourth-order valence-corrected chi connectivity index (χ4v) is 1.56. The number of aromatic nitrogens is 3. The molecule has 0 amide bonds. The Morgan fingerprint density at radius 1 is 1.55 bits per heavy atom. The Morgan fingerprint density at radius 3 is 2.75 bits per heavy atom. The van der Waals surface area contributed by atoms with Crippen LogP contribution in [0.15, 0.2) is 18.3 Å². The molecule has 0 saturated heterocycles. The number of nitro groups is 1. The standard InChI is InChI=1S/C11H7N5O4/c1-6-2-3-7(4-12)10(13-6)15-5-8(16(19)20)9(14-15)11(17)18/h2-3,5H,1H3,(H,17,18). The monoisotopic (exact) mass is 273 g/mol. The third-order valence-electron chi connectivity index (χ3n) is 2.45. The van der Waals surface area contributed by atoms with Gasteiger partial charge in [0.05, 0.1) is 10.5 Å². The average molecular weight is 273 g/mol. The number of pyridine rings is 1. The van der Waals surface area contributed by atoms with Crippen LogP contribution in [0.4, 0.5) is 5.69 Å². The van der Waals surface area contributed by atoms with Gasteiger partial charge in [-0.3, -0.25) is 10.1 Å². The van der Waals surface area contributed by atoms with Crippen molar-refractivity contribution in [3.63, 3.8) is 0 Å². The quantitative estimate of drug-likeness (QED) is 0.652. The van der Waals surface area contributed by atoms with Gasteiger partial charge >= 0.3 is 11.7 Å². The summed E-state index contributed by atoms with van der Waals surface area (Å²) in [4.78, 5) is 24.9. The zero-order valence-electron chi connectivity index (χ0n) is 10.1. The van der Waals surface area contributed by atoms with Crippen LogP contribution in [-0.2, 0) is 0 Å². The predicted octanol–water partition coefficient (Wildman–Crippen LogP) is 1.05. The third kappa shape index (κ3) is 2.17. The number of aromatic carboxylic acids is 1. The number of hydrogen-bond acceptors (Lipinski definition) is 6. The third-order valence-corrected chi connectivity index (χ3v) is 2.45. The van der Waals surface area contributed by atoms with Crippen molar-refractivity contribution in [2.45, 2.75) is 6.92 Å². The number of aryl methyl sites for hydroxylation is 1. The van der Waals surface area contributed by atoms with E-state index in [9.17, 15) is 14.9 Å². The van der Waals surface area contributed by atoms with Crippen LogP contribution in [0.25, 0.3) is 5.82 Å². The Bertz CT molecular complexity index is 727. The largest absolute Gasteiger partial charge is 0.476 e. The van der Waals surface area contributed by atoms with Crippen molar-refractivity contribution in [3.8, 4) is 11.9 Å². The normalized spacial score (nSPS) is 10.0. The van der Waals surface area contributed by atoms with Crippen molar-refractivity contribution in [3.05, 3.63) is 45.4 Å². The first-order chi connectivity index (χ1) is 9.43. The summed E-state index contributed by atoms with van der Waals surface area (Å²) in [5.74, 6) is -1.48. The molecule has 1 N–H and O–H groups in total. The lowest BCUT2D eigenvalue weighted by Crippen LogP contribution is -2.05. The summed E-state index contributed by atoms with van der Waals surface area (Å²) >= 11 is 0. The Kier molecular flexibility index (Phi) is 3.14. The highest BCUT2D eigenvalue weighted by molar-refractivity contribution is 5.90. The van der Waals surface area contributed by atoms with Crippen molar-refractivity contribution in [2.24, 2.45) is 0 Å². The van der Waals surface area contributed by atoms with Gasteiger partial charge in [-0.25, -0.2) is 14.5 Å². The van der Waals surface area contributed by atoms with Crippen LogP contribution in [0.3, 0.4) is 0 Å². The highest BCUT2D eigenvalue weighted by atomic mass is 16.6. The van der Waals surface area contributed by atoms with Crippen molar-refractivity contribution in [1.29, 1.82) is 5.26 Å². The molecule has 100 valence electrons. The molecule has 0 aromatic carbocycles. The number of carboxylic acid groups (broad SMARTS) is 1. The van der Waals surface area contributed by atoms with E-state index in [1.807, 2.05) is 6.07 Å². The molecule has 20 heavy (non-hydrogen) atoms. The van der Waals surface area contributed by atoms with E-state index in [1.165, 1.54) is 6.07 Å². The Morgan fingerprint density at radius 2 is 2.25 bits per heavy atom. The van der Waals surface area contributed by atoms with Crippen LogP contribution in [0.1, 0.15) is 21.7 Å².